The second-order valence-corrected chi connectivity index (χ2v) is 16.7. The maximum atomic E-state index is 2.57. The Hall–Kier alpha value is -1.86. The van der Waals surface area contributed by atoms with Gasteiger partial charge in [-0.25, -0.2) is 0 Å². The summed E-state index contributed by atoms with van der Waals surface area (Å²) in [7, 11) is -1.90. The van der Waals surface area contributed by atoms with Gasteiger partial charge in [-0.15, -0.1) is 0 Å². The molecule has 0 saturated heterocycles. The van der Waals surface area contributed by atoms with Crippen LogP contribution in [0.3, 0.4) is 0 Å². The molecule has 2 aromatic rings. The normalized spacial score (nSPS) is 21.0. The van der Waals surface area contributed by atoms with Crippen molar-refractivity contribution in [1.82, 2.24) is 0 Å². The molecule has 1 heteroatoms. The zero-order valence-electron chi connectivity index (χ0n) is 21.3. The lowest BCUT2D eigenvalue weighted by molar-refractivity contribution is 0.479. The third kappa shape index (κ3) is 3.50. The minimum atomic E-state index is -1.90. The summed E-state index contributed by atoms with van der Waals surface area (Å²) < 4.78 is 0. The third-order valence-electron chi connectivity index (χ3n) is 7.78. The maximum Gasteiger partial charge on any atom is 0.113 e. The van der Waals surface area contributed by atoms with E-state index in [9.17, 15) is 0 Å². The van der Waals surface area contributed by atoms with Crippen molar-refractivity contribution in [3.05, 3.63) is 69.8 Å². The van der Waals surface area contributed by atoms with Crippen molar-refractivity contribution in [2.45, 2.75) is 80.3 Å². The molecule has 2 aromatic carbocycles. The molecule has 0 aromatic heterocycles. The van der Waals surface area contributed by atoms with Crippen molar-refractivity contribution >= 4 is 30.6 Å². The highest BCUT2D eigenvalue weighted by atomic mass is 28.3. The number of fused-ring (bicyclic) bond motifs is 2. The summed E-state index contributed by atoms with van der Waals surface area (Å²) in [6.45, 7) is 24.1. The van der Waals surface area contributed by atoms with Gasteiger partial charge < -0.3 is 0 Å². The van der Waals surface area contributed by atoms with Gasteiger partial charge in [-0.3, -0.25) is 0 Å². The molecule has 0 heterocycles. The molecule has 0 saturated carbocycles. The minimum Gasteiger partial charge on any atom is -0.0623 e. The molecule has 2 unspecified atom stereocenters. The molecule has 0 N–H and O–H groups in total. The van der Waals surface area contributed by atoms with E-state index in [2.05, 4.69) is 117 Å². The predicted molar refractivity (Wildman–Crippen MR) is 141 cm³/mol. The van der Waals surface area contributed by atoms with Gasteiger partial charge in [0.05, 0.1) is 0 Å². The van der Waals surface area contributed by atoms with Crippen LogP contribution < -0.4 is 10.4 Å². The molecule has 2 aliphatic carbocycles. The standard InChI is InChI=1S/C30H40Si/c1-19-23(29(3,4)5)17-21-13-11-15-25(27(19)21)31(9,10)26-16-12-14-22-18-24(30(6,7)8)20(2)28(22)26/h11-20H,1-10H3. The quantitative estimate of drug-likeness (QED) is 0.432. The summed E-state index contributed by atoms with van der Waals surface area (Å²) in [4.78, 5) is 0. The molecule has 0 aliphatic heterocycles. The molecule has 2 aliphatic rings. The van der Waals surface area contributed by atoms with Gasteiger partial charge in [-0.05, 0) is 33.1 Å². The highest BCUT2D eigenvalue weighted by Crippen LogP contribution is 2.46. The molecule has 4 rings (SSSR count). The third-order valence-corrected chi connectivity index (χ3v) is 11.3. The summed E-state index contributed by atoms with van der Waals surface area (Å²) in [5, 5.41) is 3.25. The summed E-state index contributed by atoms with van der Waals surface area (Å²) in [6.07, 6.45) is 4.95. The van der Waals surface area contributed by atoms with Gasteiger partial charge in [0.1, 0.15) is 8.07 Å². The molecule has 0 fully saturated rings. The highest BCUT2D eigenvalue weighted by molar-refractivity contribution is 7.01. The van der Waals surface area contributed by atoms with Crippen molar-refractivity contribution in [3.8, 4) is 0 Å². The van der Waals surface area contributed by atoms with E-state index >= 15 is 0 Å². The fourth-order valence-corrected chi connectivity index (χ4v) is 9.63. The zero-order chi connectivity index (χ0) is 22.9. The number of hydrogen-bond donors (Lipinski definition) is 0. The molecular formula is C30H40Si. The van der Waals surface area contributed by atoms with Crippen LogP contribution in [0, 0.1) is 10.8 Å². The van der Waals surface area contributed by atoms with Crippen LogP contribution in [0.5, 0.6) is 0 Å². The van der Waals surface area contributed by atoms with Gasteiger partial charge in [-0.2, -0.15) is 0 Å². The molecule has 0 amide bonds. The van der Waals surface area contributed by atoms with Gasteiger partial charge >= 0.3 is 0 Å². The first-order valence-electron chi connectivity index (χ1n) is 12.0. The monoisotopic (exact) mass is 428 g/mol. The Morgan fingerprint density at radius 1 is 0.613 bits per heavy atom. The second kappa shape index (κ2) is 7.07. The van der Waals surface area contributed by atoms with E-state index in [0.29, 0.717) is 11.8 Å². The summed E-state index contributed by atoms with van der Waals surface area (Å²) in [5.41, 5.74) is 9.64. The van der Waals surface area contributed by atoms with Gasteiger partial charge in [0.25, 0.3) is 0 Å². The molecule has 0 spiro atoms. The Morgan fingerprint density at radius 2 is 0.968 bits per heavy atom. The van der Waals surface area contributed by atoms with Crippen molar-refractivity contribution < 1.29 is 0 Å². The fraction of sp³-hybridized carbons (Fsp3) is 0.467. The van der Waals surface area contributed by atoms with E-state index in [1.54, 1.807) is 32.6 Å². The number of rotatable bonds is 2. The van der Waals surface area contributed by atoms with Gasteiger partial charge in [0.2, 0.25) is 0 Å². The van der Waals surface area contributed by atoms with E-state index in [-0.39, 0.29) is 10.8 Å². The summed E-state index contributed by atoms with van der Waals surface area (Å²) in [6, 6.07) is 14.1. The van der Waals surface area contributed by atoms with Crippen molar-refractivity contribution in [3.63, 3.8) is 0 Å². The van der Waals surface area contributed by atoms with Crippen molar-refractivity contribution in [1.29, 1.82) is 0 Å². The Morgan fingerprint density at radius 3 is 1.29 bits per heavy atom. The van der Waals surface area contributed by atoms with Crippen LogP contribution in [0.15, 0.2) is 47.5 Å². The van der Waals surface area contributed by atoms with Crippen molar-refractivity contribution in [2.75, 3.05) is 0 Å². The molecule has 0 radical (unpaired) electrons. The molecule has 2 atom stereocenters. The smallest absolute Gasteiger partial charge is 0.0623 e. The number of benzene rings is 2. The van der Waals surface area contributed by atoms with Crippen molar-refractivity contribution in [2.24, 2.45) is 10.8 Å². The molecular weight excluding hydrogens is 388 g/mol. The molecule has 0 bridgehead atoms. The topological polar surface area (TPSA) is 0 Å². The molecule has 0 nitrogen and oxygen atoms in total. The average molecular weight is 429 g/mol. The first kappa shape index (κ1) is 22.3. The van der Waals surface area contributed by atoms with Gasteiger partial charge in [0, 0.05) is 11.8 Å². The van der Waals surface area contributed by atoms with Crippen LogP contribution in [0.2, 0.25) is 13.1 Å². The number of allylic oxidation sites excluding steroid dienone is 2. The Kier molecular flexibility index (Phi) is 5.09. The van der Waals surface area contributed by atoms with Crippen LogP contribution in [-0.4, -0.2) is 8.07 Å². The first-order chi connectivity index (χ1) is 14.2. The van der Waals surface area contributed by atoms with Gasteiger partial charge in [0.15, 0.2) is 0 Å². The van der Waals surface area contributed by atoms with Crippen LogP contribution in [0.4, 0.5) is 0 Å². The zero-order valence-corrected chi connectivity index (χ0v) is 22.3. The largest absolute Gasteiger partial charge is 0.113 e. The van der Waals surface area contributed by atoms with Gasteiger partial charge in [-0.1, -0.05) is 139 Å². The maximum absolute atomic E-state index is 2.57. The molecule has 31 heavy (non-hydrogen) atoms. The summed E-state index contributed by atoms with van der Waals surface area (Å²) >= 11 is 0. The van der Waals surface area contributed by atoms with Crippen LogP contribution in [0.1, 0.15) is 89.5 Å². The lowest BCUT2D eigenvalue weighted by Crippen LogP contribution is -2.56. The average Bonchev–Trinajstić information content (AvgIpc) is 3.19. The SMILES string of the molecule is CC1C(C(C)(C)C)=Cc2cccc([Si](C)(C)c3cccc4c3C(C)C(C(C)(C)C)=C4)c21. The van der Waals surface area contributed by atoms with Crippen LogP contribution in [0.25, 0.3) is 12.2 Å². The fourth-order valence-electron chi connectivity index (χ4n) is 6.25. The van der Waals surface area contributed by atoms with E-state index in [4.69, 9.17) is 0 Å². The van der Waals surface area contributed by atoms with E-state index in [0.717, 1.165) is 0 Å². The summed E-state index contributed by atoms with van der Waals surface area (Å²) in [5.74, 6) is 0.992. The molecule has 164 valence electrons. The van der Waals surface area contributed by atoms with Crippen LogP contribution >= 0.6 is 0 Å². The predicted octanol–water partition coefficient (Wildman–Crippen LogP) is 7.60. The van der Waals surface area contributed by atoms with E-state index in [1.165, 1.54) is 11.1 Å². The van der Waals surface area contributed by atoms with E-state index < -0.39 is 8.07 Å². The Bertz CT molecular complexity index is 1010. The highest BCUT2D eigenvalue weighted by Gasteiger charge is 2.40. The minimum absolute atomic E-state index is 0.204. The number of hydrogen-bond acceptors (Lipinski definition) is 0. The Labute approximate surface area is 191 Å². The first-order valence-corrected chi connectivity index (χ1v) is 15.0. The van der Waals surface area contributed by atoms with Crippen LogP contribution in [-0.2, 0) is 0 Å². The Balaban J connectivity index is 1.85. The van der Waals surface area contributed by atoms with E-state index in [1.807, 2.05) is 0 Å². The lowest BCUT2D eigenvalue weighted by atomic mass is 9.80. The second-order valence-electron chi connectivity index (χ2n) is 12.4. The lowest BCUT2D eigenvalue weighted by Gasteiger charge is -2.33.